The number of nitro benzene ring substituents is 1. The number of anilines is 1. The maximum atomic E-state index is 12.4. The van der Waals surface area contributed by atoms with E-state index in [1.54, 1.807) is 12.1 Å². The van der Waals surface area contributed by atoms with Crippen molar-refractivity contribution in [2.45, 2.75) is 6.42 Å². The zero-order valence-corrected chi connectivity index (χ0v) is 15.3. The number of nitro groups is 1. The lowest BCUT2D eigenvalue weighted by atomic mass is 10.0. The van der Waals surface area contributed by atoms with Gasteiger partial charge in [-0.05, 0) is 28.5 Å². The van der Waals surface area contributed by atoms with Gasteiger partial charge in [-0.3, -0.25) is 14.9 Å². The lowest BCUT2D eigenvalue weighted by Crippen LogP contribution is -2.14. The summed E-state index contributed by atoms with van der Waals surface area (Å²) in [5.41, 5.74) is 1.66. The second kappa shape index (κ2) is 7.53. The normalized spacial score (nSPS) is 10.7. The number of non-ortho nitro benzene ring substituents is 1. The fourth-order valence-corrected chi connectivity index (χ4v) is 3.66. The molecule has 8 heteroatoms. The molecule has 0 aliphatic rings. The second-order valence-corrected chi connectivity index (χ2v) is 7.06. The SMILES string of the molecule is O=C(Cc1cccc2ccccc12)Nc1nnc(-c2ccc([N+](=O)[O-])cc2)s1. The van der Waals surface area contributed by atoms with Crippen molar-refractivity contribution in [1.82, 2.24) is 10.2 Å². The summed E-state index contributed by atoms with van der Waals surface area (Å²) in [5.74, 6) is -0.178. The van der Waals surface area contributed by atoms with E-state index < -0.39 is 4.92 Å². The first-order chi connectivity index (χ1) is 13.6. The van der Waals surface area contributed by atoms with Gasteiger partial charge in [0, 0.05) is 17.7 Å². The highest BCUT2D eigenvalue weighted by atomic mass is 32.1. The van der Waals surface area contributed by atoms with Crippen molar-refractivity contribution in [3.05, 3.63) is 82.4 Å². The largest absolute Gasteiger partial charge is 0.300 e. The molecule has 0 saturated heterocycles. The Morgan fingerprint density at radius 2 is 1.75 bits per heavy atom. The van der Waals surface area contributed by atoms with Gasteiger partial charge in [0.2, 0.25) is 11.0 Å². The molecule has 0 aliphatic carbocycles. The molecule has 1 amide bonds. The molecule has 0 fully saturated rings. The Kier molecular flexibility index (Phi) is 4.77. The molecule has 4 rings (SSSR count). The lowest BCUT2D eigenvalue weighted by Gasteiger charge is -2.06. The molecule has 0 aliphatic heterocycles. The standard InChI is InChI=1S/C20H14N4O3S/c25-18(12-15-6-3-5-13-4-1-2-7-17(13)15)21-20-23-22-19(28-20)14-8-10-16(11-9-14)24(26)27/h1-11H,12H2,(H,21,23,25). The number of nitrogens with zero attached hydrogens (tertiary/aromatic N) is 3. The minimum absolute atomic E-state index is 0.0110. The molecular weight excluding hydrogens is 376 g/mol. The van der Waals surface area contributed by atoms with Crippen LogP contribution in [0.1, 0.15) is 5.56 Å². The molecule has 0 atom stereocenters. The van der Waals surface area contributed by atoms with Crippen LogP contribution in [0.4, 0.5) is 10.8 Å². The van der Waals surface area contributed by atoms with E-state index in [9.17, 15) is 14.9 Å². The van der Waals surface area contributed by atoms with Gasteiger partial charge >= 0.3 is 0 Å². The highest BCUT2D eigenvalue weighted by Crippen LogP contribution is 2.28. The number of carbonyl (C=O) groups excluding carboxylic acids is 1. The number of amides is 1. The van der Waals surface area contributed by atoms with Crippen LogP contribution in [0.25, 0.3) is 21.3 Å². The fourth-order valence-electron chi connectivity index (χ4n) is 2.90. The number of benzene rings is 3. The summed E-state index contributed by atoms with van der Waals surface area (Å²) in [7, 11) is 0. The summed E-state index contributed by atoms with van der Waals surface area (Å²) in [6.45, 7) is 0. The van der Waals surface area contributed by atoms with Crippen LogP contribution in [0.5, 0.6) is 0 Å². The zero-order valence-electron chi connectivity index (χ0n) is 14.5. The van der Waals surface area contributed by atoms with Crippen molar-refractivity contribution in [2.24, 2.45) is 0 Å². The Balaban J connectivity index is 1.47. The van der Waals surface area contributed by atoms with Crippen LogP contribution >= 0.6 is 11.3 Å². The van der Waals surface area contributed by atoms with E-state index in [1.165, 1.54) is 23.5 Å². The number of hydrogen-bond donors (Lipinski definition) is 1. The van der Waals surface area contributed by atoms with Gasteiger partial charge < -0.3 is 5.32 Å². The van der Waals surface area contributed by atoms with E-state index in [-0.39, 0.29) is 18.0 Å². The number of fused-ring (bicyclic) bond motifs is 1. The summed E-state index contributed by atoms with van der Waals surface area (Å²) >= 11 is 1.22. The monoisotopic (exact) mass is 390 g/mol. The molecule has 7 nitrogen and oxygen atoms in total. The first-order valence-corrected chi connectivity index (χ1v) is 9.26. The number of hydrogen-bond acceptors (Lipinski definition) is 6. The molecule has 0 bridgehead atoms. The summed E-state index contributed by atoms with van der Waals surface area (Å²) in [5, 5.41) is 24.7. The molecule has 0 radical (unpaired) electrons. The highest BCUT2D eigenvalue weighted by molar-refractivity contribution is 7.18. The van der Waals surface area contributed by atoms with Crippen LogP contribution in [0.2, 0.25) is 0 Å². The first kappa shape index (κ1) is 17.7. The topological polar surface area (TPSA) is 98.0 Å². The van der Waals surface area contributed by atoms with Gasteiger partial charge in [-0.2, -0.15) is 0 Å². The van der Waals surface area contributed by atoms with Crippen LogP contribution in [-0.4, -0.2) is 21.0 Å². The van der Waals surface area contributed by atoms with Crippen molar-refractivity contribution in [3.8, 4) is 10.6 Å². The van der Waals surface area contributed by atoms with Gasteiger partial charge in [0.05, 0.1) is 11.3 Å². The van der Waals surface area contributed by atoms with Crippen LogP contribution in [0, 0.1) is 10.1 Å². The lowest BCUT2D eigenvalue weighted by molar-refractivity contribution is -0.384. The Morgan fingerprint density at radius 3 is 2.54 bits per heavy atom. The van der Waals surface area contributed by atoms with Gasteiger partial charge in [0.1, 0.15) is 5.01 Å². The molecule has 0 spiro atoms. The maximum Gasteiger partial charge on any atom is 0.269 e. The number of nitrogens with one attached hydrogen (secondary N) is 1. The van der Waals surface area contributed by atoms with Crippen LogP contribution in [0.3, 0.4) is 0 Å². The smallest absolute Gasteiger partial charge is 0.269 e. The van der Waals surface area contributed by atoms with E-state index in [0.29, 0.717) is 15.7 Å². The van der Waals surface area contributed by atoms with Crippen molar-refractivity contribution in [2.75, 3.05) is 5.32 Å². The summed E-state index contributed by atoms with van der Waals surface area (Å²) in [4.78, 5) is 22.7. The fraction of sp³-hybridized carbons (Fsp3) is 0.0500. The predicted octanol–water partition coefficient (Wildman–Crippen LogP) is 4.45. The summed E-state index contributed by atoms with van der Waals surface area (Å²) in [6.07, 6.45) is 0.230. The van der Waals surface area contributed by atoms with Crippen LogP contribution in [-0.2, 0) is 11.2 Å². The Morgan fingerprint density at radius 1 is 1.00 bits per heavy atom. The van der Waals surface area contributed by atoms with Gasteiger partial charge in [-0.15, -0.1) is 10.2 Å². The van der Waals surface area contributed by atoms with Crippen molar-refractivity contribution < 1.29 is 9.72 Å². The van der Waals surface area contributed by atoms with Gasteiger partial charge in [0.25, 0.3) is 5.69 Å². The molecule has 0 saturated carbocycles. The summed E-state index contributed by atoms with van der Waals surface area (Å²) < 4.78 is 0. The van der Waals surface area contributed by atoms with Crippen LogP contribution < -0.4 is 5.32 Å². The van der Waals surface area contributed by atoms with E-state index >= 15 is 0 Å². The van der Waals surface area contributed by atoms with Gasteiger partial charge in [-0.1, -0.05) is 53.8 Å². The average molecular weight is 390 g/mol. The molecule has 28 heavy (non-hydrogen) atoms. The molecule has 1 N–H and O–H groups in total. The number of aromatic nitrogens is 2. The minimum atomic E-state index is -0.456. The molecule has 138 valence electrons. The summed E-state index contributed by atoms with van der Waals surface area (Å²) in [6, 6.07) is 19.8. The van der Waals surface area contributed by atoms with Gasteiger partial charge in [-0.25, -0.2) is 0 Å². The van der Waals surface area contributed by atoms with Gasteiger partial charge in [0.15, 0.2) is 0 Å². The molecule has 4 aromatic rings. The van der Waals surface area contributed by atoms with E-state index in [1.807, 2.05) is 42.5 Å². The third kappa shape index (κ3) is 3.72. The molecule has 3 aromatic carbocycles. The van der Waals surface area contributed by atoms with E-state index in [4.69, 9.17) is 0 Å². The molecule has 1 aromatic heterocycles. The molecular formula is C20H14N4O3S. The van der Waals surface area contributed by atoms with E-state index in [0.717, 1.165) is 16.3 Å². The third-order valence-electron chi connectivity index (χ3n) is 4.23. The average Bonchev–Trinajstić information content (AvgIpc) is 3.16. The Bertz CT molecular complexity index is 1170. The first-order valence-electron chi connectivity index (χ1n) is 8.45. The Labute approximate surface area is 163 Å². The van der Waals surface area contributed by atoms with E-state index in [2.05, 4.69) is 15.5 Å². The number of rotatable bonds is 5. The zero-order chi connectivity index (χ0) is 19.5. The molecule has 0 unspecified atom stereocenters. The van der Waals surface area contributed by atoms with Crippen molar-refractivity contribution in [1.29, 1.82) is 0 Å². The molecule has 1 heterocycles. The van der Waals surface area contributed by atoms with Crippen molar-refractivity contribution >= 4 is 38.8 Å². The second-order valence-electron chi connectivity index (χ2n) is 6.08. The van der Waals surface area contributed by atoms with Crippen LogP contribution in [0.15, 0.2) is 66.7 Å². The Hall–Kier alpha value is -3.65. The van der Waals surface area contributed by atoms with Crippen molar-refractivity contribution in [3.63, 3.8) is 0 Å². The minimum Gasteiger partial charge on any atom is -0.300 e. The quantitative estimate of drug-likeness (QED) is 0.401. The number of carbonyl (C=O) groups is 1. The highest BCUT2D eigenvalue weighted by Gasteiger charge is 2.13. The maximum absolute atomic E-state index is 12.4. The third-order valence-corrected chi connectivity index (χ3v) is 5.12. The predicted molar refractivity (Wildman–Crippen MR) is 108 cm³/mol.